The van der Waals surface area contributed by atoms with Crippen molar-refractivity contribution in [3.63, 3.8) is 0 Å². The summed E-state index contributed by atoms with van der Waals surface area (Å²) in [5, 5.41) is 0. The molecule has 1 aromatic rings. The molecule has 0 aliphatic carbocycles. The molecule has 0 spiro atoms. The third kappa shape index (κ3) is 13.1. The van der Waals surface area contributed by atoms with Crippen LogP contribution < -0.4 is 0 Å². The van der Waals surface area contributed by atoms with Gasteiger partial charge >= 0.3 is 11.9 Å². The molecule has 0 fully saturated rings. The van der Waals surface area contributed by atoms with Crippen LogP contribution in [0.4, 0.5) is 0 Å². The lowest BCUT2D eigenvalue weighted by molar-refractivity contribution is -0.155. The van der Waals surface area contributed by atoms with Gasteiger partial charge in [0.15, 0.2) is 0 Å². The molecule has 1 aromatic carbocycles. The van der Waals surface area contributed by atoms with Crippen molar-refractivity contribution in [2.24, 2.45) is 5.92 Å². The van der Waals surface area contributed by atoms with E-state index in [1.807, 2.05) is 30.3 Å². The second-order valence-corrected chi connectivity index (χ2v) is 7.81. The van der Waals surface area contributed by atoms with Crippen LogP contribution in [0.5, 0.6) is 0 Å². The van der Waals surface area contributed by atoms with Gasteiger partial charge in [0.05, 0.1) is 25.6 Å². The van der Waals surface area contributed by atoms with Crippen LogP contribution in [0.25, 0.3) is 0 Å². The van der Waals surface area contributed by atoms with E-state index in [0.29, 0.717) is 19.6 Å². The summed E-state index contributed by atoms with van der Waals surface area (Å²) in [6, 6.07) is 9.79. The Morgan fingerprint density at radius 1 is 0.759 bits per heavy atom. The van der Waals surface area contributed by atoms with Crippen molar-refractivity contribution in [1.82, 2.24) is 0 Å². The summed E-state index contributed by atoms with van der Waals surface area (Å²) < 4.78 is 10.8. The molecule has 0 N–H and O–H groups in total. The first kappa shape index (κ1) is 25.2. The zero-order valence-corrected chi connectivity index (χ0v) is 18.5. The maximum absolute atomic E-state index is 12.6. The van der Waals surface area contributed by atoms with Gasteiger partial charge in [0, 0.05) is 0 Å². The quantitative estimate of drug-likeness (QED) is 0.227. The number of rotatable bonds is 17. The minimum atomic E-state index is -0.486. The molecule has 0 aliphatic rings. The van der Waals surface area contributed by atoms with Gasteiger partial charge in [-0.25, -0.2) is 0 Å². The van der Waals surface area contributed by atoms with Crippen LogP contribution in [0.15, 0.2) is 30.3 Å². The molecule has 0 saturated carbocycles. The maximum Gasteiger partial charge on any atom is 0.309 e. The minimum absolute atomic E-state index is 0.0819. The first-order valence-corrected chi connectivity index (χ1v) is 11.5. The molecule has 0 saturated heterocycles. The monoisotopic (exact) mass is 404 g/mol. The van der Waals surface area contributed by atoms with Crippen LogP contribution in [-0.2, 0) is 25.5 Å². The minimum Gasteiger partial charge on any atom is -0.466 e. The van der Waals surface area contributed by atoms with Crippen LogP contribution in [-0.4, -0.2) is 25.2 Å². The first-order chi connectivity index (χ1) is 14.2. The lowest BCUT2D eigenvalue weighted by Gasteiger charge is -2.16. The molecule has 1 atom stereocenters. The summed E-state index contributed by atoms with van der Waals surface area (Å²) in [6.07, 6.45) is 11.7. The molecule has 0 heterocycles. The van der Waals surface area contributed by atoms with E-state index in [1.54, 1.807) is 0 Å². The fourth-order valence-corrected chi connectivity index (χ4v) is 3.29. The number of hydrogen-bond acceptors (Lipinski definition) is 4. The Bertz CT molecular complexity index is 541. The summed E-state index contributed by atoms with van der Waals surface area (Å²) >= 11 is 0. The van der Waals surface area contributed by atoms with Gasteiger partial charge in [-0.15, -0.1) is 0 Å². The fraction of sp³-hybridized carbons (Fsp3) is 0.680. The Hall–Kier alpha value is -1.84. The molecule has 4 nitrogen and oxygen atoms in total. The standard InChI is InChI=1S/C25H40O4/c1-3-5-7-9-14-18-28-24(26)21-23(20-22-16-12-11-13-17-22)25(27)29-19-15-10-8-6-4-2/h11-13,16-17,23H,3-10,14-15,18-21H2,1-2H3. The SMILES string of the molecule is CCCCCCCOC(=O)CC(Cc1ccccc1)C(=O)OCCCCCCC. The van der Waals surface area contributed by atoms with Crippen molar-refractivity contribution in [3.8, 4) is 0 Å². The van der Waals surface area contributed by atoms with Crippen LogP contribution in [0.3, 0.4) is 0 Å². The van der Waals surface area contributed by atoms with E-state index < -0.39 is 5.92 Å². The molecule has 0 aromatic heterocycles. The second kappa shape index (κ2) is 17.1. The zero-order valence-electron chi connectivity index (χ0n) is 18.5. The number of carbonyl (C=O) groups excluding carboxylic acids is 2. The van der Waals surface area contributed by atoms with Crippen molar-refractivity contribution in [2.45, 2.75) is 90.9 Å². The van der Waals surface area contributed by atoms with E-state index in [4.69, 9.17) is 9.47 Å². The molecule has 0 amide bonds. The van der Waals surface area contributed by atoms with Crippen LogP contribution >= 0.6 is 0 Å². The normalized spacial score (nSPS) is 11.8. The predicted molar refractivity (Wildman–Crippen MR) is 118 cm³/mol. The van der Waals surface area contributed by atoms with Crippen molar-refractivity contribution in [2.75, 3.05) is 13.2 Å². The number of unbranched alkanes of at least 4 members (excludes halogenated alkanes) is 8. The predicted octanol–water partition coefficient (Wildman–Crippen LogP) is 6.26. The van der Waals surface area contributed by atoms with Crippen molar-refractivity contribution in [3.05, 3.63) is 35.9 Å². The summed E-state index contributed by atoms with van der Waals surface area (Å²) in [4.78, 5) is 24.8. The largest absolute Gasteiger partial charge is 0.466 e. The molecule has 0 aliphatic heterocycles. The summed E-state index contributed by atoms with van der Waals surface area (Å²) in [5.74, 6) is -1.08. The molecule has 0 bridgehead atoms. The van der Waals surface area contributed by atoms with Crippen molar-refractivity contribution in [1.29, 1.82) is 0 Å². The molecule has 1 unspecified atom stereocenters. The Kier molecular flexibility index (Phi) is 14.8. The van der Waals surface area contributed by atoms with E-state index in [9.17, 15) is 9.59 Å². The lowest BCUT2D eigenvalue weighted by Crippen LogP contribution is -2.24. The number of benzene rings is 1. The highest BCUT2D eigenvalue weighted by Crippen LogP contribution is 2.16. The van der Waals surface area contributed by atoms with E-state index in [1.165, 1.54) is 38.5 Å². The fourth-order valence-electron chi connectivity index (χ4n) is 3.29. The highest BCUT2D eigenvalue weighted by molar-refractivity contribution is 5.80. The van der Waals surface area contributed by atoms with Gasteiger partial charge < -0.3 is 9.47 Å². The third-order valence-electron chi connectivity index (χ3n) is 5.07. The highest BCUT2D eigenvalue weighted by atomic mass is 16.5. The zero-order chi connectivity index (χ0) is 21.2. The molecular weight excluding hydrogens is 364 g/mol. The molecule has 1 rings (SSSR count). The topological polar surface area (TPSA) is 52.6 Å². The van der Waals surface area contributed by atoms with E-state index >= 15 is 0 Å². The van der Waals surface area contributed by atoms with Gasteiger partial charge in [0.1, 0.15) is 0 Å². The first-order valence-electron chi connectivity index (χ1n) is 11.5. The number of esters is 2. The Balaban J connectivity index is 2.44. The van der Waals surface area contributed by atoms with Gasteiger partial charge in [-0.3, -0.25) is 9.59 Å². The Labute approximate surface area is 177 Å². The van der Waals surface area contributed by atoms with Crippen LogP contribution in [0.1, 0.15) is 90.0 Å². The Morgan fingerprint density at radius 2 is 1.31 bits per heavy atom. The van der Waals surface area contributed by atoms with Gasteiger partial charge in [0.2, 0.25) is 0 Å². The van der Waals surface area contributed by atoms with Crippen molar-refractivity contribution >= 4 is 11.9 Å². The van der Waals surface area contributed by atoms with Gasteiger partial charge in [-0.05, 0) is 24.8 Å². The average molecular weight is 405 g/mol. The lowest BCUT2D eigenvalue weighted by atomic mass is 9.96. The summed E-state index contributed by atoms with van der Waals surface area (Å²) in [6.45, 7) is 5.23. The number of ether oxygens (including phenoxy) is 2. The Morgan fingerprint density at radius 3 is 1.90 bits per heavy atom. The van der Waals surface area contributed by atoms with Crippen LogP contribution in [0, 0.1) is 5.92 Å². The summed E-state index contributed by atoms with van der Waals surface area (Å²) in [7, 11) is 0. The third-order valence-corrected chi connectivity index (χ3v) is 5.07. The molecule has 0 radical (unpaired) electrons. The summed E-state index contributed by atoms with van der Waals surface area (Å²) in [5.41, 5.74) is 1.03. The smallest absolute Gasteiger partial charge is 0.309 e. The molecule has 4 heteroatoms. The second-order valence-electron chi connectivity index (χ2n) is 7.81. The average Bonchev–Trinajstić information content (AvgIpc) is 2.73. The molecular formula is C25H40O4. The molecule has 164 valence electrons. The number of carbonyl (C=O) groups is 2. The van der Waals surface area contributed by atoms with Gasteiger partial charge in [-0.2, -0.15) is 0 Å². The maximum atomic E-state index is 12.6. The number of hydrogen-bond donors (Lipinski definition) is 0. The van der Waals surface area contributed by atoms with E-state index in [0.717, 1.165) is 31.2 Å². The van der Waals surface area contributed by atoms with Crippen molar-refractivity contribution < 1.29 is 19.1 Å². The van der Waals surface area contributed by atoms with Gasteiger partial charge in [0.25, 0.3) is 0 Å². The van der Waals surface area contributed by atoms with E-state index in [-0.39, 0.29) is 18.4 Å². The molecule has 29 heavy (non-hydrogen) atoms. The van der Waals surface area contributed by atoms with E-state index in [2.05, 4.69) is 13.8 Å². The van der Waals surface area contributed by atoms with Crippen LogP contribution in [0.2, 0.25) is 0 Å². The van der Waals surface area contributed by atoms with Gasteiger partial charge in [-0.1, -0.05) is 95.5 Å². The highest BCUT2D eigenvalue weighted by Gasteiger charge is 2.24.